The average molecular weight is 422 g/mol. The van der Waals surface area contributed by atoms with Crippen LogP contribution in [-0.2, 0) is 14.8 Å². The molecule has 0 unspecified atom stereocenters. The number of halogens is 1. The Kier molecular flexibility index (Phi) is 6.35. The highest BCUT2D eigenvalue weighted by atomic mass is 32.2. The van der Waals surface area contributed by atoms with Crippen molar-refractivity contribution in [1.29, 1.82) is 0 Å². The summed E-state index contributed by atoms with van der Waals surface area (Å²) < 4.78 is 39.4. The summed E-state index contributed by atoms with van der Waals surface area (Å²) >= 11 is 1.59. The molecule has 148 valence electrons. The number of rotatable bonds is 7. The van der Waals surface area contributed by atoms with Crippen LogP contribution in [0.25, 0.3) is 0 Å². The van der Waals surface area contributed by atoms with Gasteiger partial charge < -0.3 is 5.32 Å². The SMILES string of the molecule is C[C@H](N=C1NS(=O)(=O)c2ccccc21)C(=O)NCCCSc1ccc(F)cc1. The quantitative estimate of drug-likeness (QED) is 0.531. The van der Waals surface area contributed by atoms with Crippen molar-refractivity contribution in [2.24, 2.45) is 4.99 Å². The van der Waals surface area contributed by atoms with Crippen LogP contribution in [0.3, 0.4) is 0 Å². The zero-order valence-electron chi connectivity index (χ0n) is 15.2. The van der Waals surface area contributed by atoms with Crippen LogP contribution in [0.1, 0.15) is 18.9 Å². The predicted molar refractivity (Wildman–Crippen MR) is 108 cm³/mol. The van der Waals surface area contributed by atoms with E-state index in [0.29, 0.717) is 12.1 Å². The monoisotopic (exact) mass is 421 g/mol. The van der Waals surface area contributed by atoms with Gasteiger partial charge in [0.2, 0.25) is 5.91 Å². The number of amidine groups is 1. The topological polar surface area (TPSA) is 87.6 Å². The third-order valence-corrected chi connectivity index (χ3v) is 6.56. The lowest BCUT2D eigenvalue weighted by Crippen LogP contribution is -2.34. The van der Waals surface area contributed by atoms with Crippen LogP contribution in [0.4, 0.5) is 4.39 Å². The largest absolute Gasteiger partial charge is 0.354 e. The van der Waals surface area contributed by atoms with Gasteiger partial charge in [0, 0.05) is 17.0 Å². The maximum Gasteiger partial charge on any atom is 0.263 e. The number of sulfonamides is 1. The van der Waals surface area contributed by atoms with Gasteiger partial charge in [-0.1, -0.05) is 12.1 Å². The number of hydrogen-bond acceptors (Lipinski definition) is 5. The Bertz CT molecular complexity index is 992. The third-order valence-electron chi connectivity index (χ3n) is 4.07. The molecule has 0 bridgehead atoms. The molecule has 9 heteroatoms. The lowest BCUT2D eigenvalue weighted by Gasteiger charge is -2.09. The first-order valence-electron chi connectivity index (χ1n) is 8.73. The van der Waals surface area contributed by atoms with E-state index in [0.717, 1.165) is 17.1 Å². The molecule has 0 aliphatic carbocycles. The highest BCUT2D eigenvalue weighted by Crippen LogP contribution is 2.22. The molecule has 1 aliphatic heterocycles. The minimum Gasteiger partial charge on any atom is -0.354 e. The van der Waals surface area contributed by atoms with Crippen LogP contribution in [-0.4, -0.2) is 38.5 Å². The van der Waals surface area contributed by atoms with E-state index in [2.05, 4.69) is 15.0 Å². The fourth-order valence-electron chi connectivity index (χ4n) is 2.63. The molecule has 1 amide bonds. The molecule has 28 heavy (non-hydrogen) atoms. The van der Waals surface area contributed by atoms with Crippen LogP contribution in [0, 0.1) is 5.82 Å². The van der Waals surface area contributed by atoms with E-state index in [1.807, 2.05) is 0 Å². The average Bonchev–Trinajstić information content (AvgIpc) is 2.93. The highest BCUT2D eigenvalue weighted by molar-refractivity contribution is 7.99. The molecule has 2 aromatic carbocycles. The van der Waals surface area contributed by atoms with E-state index in [9.17, 15) is 17.6 Å². The second-order valence-corrected chi connectivity index (χ2v) is 9.02. The first-order valence-corrected chi connectivity index (χ1v) is 11.2. The molecule has 0 aromatic heterocycles. The second kappa shape index (κ2) is 8.74. The van der Waals surface area contributed by atoms with Crippen molar-refractivity contribution in [2.75, 3.05) is 12.3 Å². The van der Waals surface area contributed by atoms with Crippen molar-refractivity contribution in [2.45, 2.75) is 29.2 Å². The molecule has 0 saturated heterocycles. The Morgan fingerprint density at radius 2 is 1.93 bits per heavy atom. The lowest BCUT2D eigenvalue weighted by molar-refractivity contribution is -0.121. The van der Waals surface area contributed by atoms with Crippen LogP contribution in [0.15, 0.2) is 63.3 Å². The molecule has 6 nitrogen and oxygen atoms in total. The number of aliphatic imine (C=N–C) groups is 1. The maximum absolute atomic E-state index is 12.9. The smallest absolute Gasteiger partial charge is 0.263 e. The molecule has 0 radical (unpaired) electrons. The maximum atomic E-state index is 12.9. The van der Waals surface area contributed by atoms with E-state index in [4.69, 9.17) is 0 Å². The van der Waals surface area contributed by atoms with Crippen molar-refractivity contribution >= 4 is 33.5 Å². The molecule has 1 aliphatic rings. The van der Waals surface area contributed by atoms with Gasteiger partial charge in [0.15, 0.2) is 0 Å². The molecule has 0 saturated carbocycles. The molecule has 2 N–H and O–H groups in total. The standard InChI is InChI=1S/C19H20FN3O3S2/c1-13(22-18-16-5-2-3-6-17(16)28(25,26)23-18)19(24)21-11-4-12-27-15-9-7-14(20)8-10-15/h2-3,5-10,13H,4,11-12H2,1H3,(H,21,24)(H,22,23)/t13-/m0/s1. The van der Waals surface area contributed by atoms with Crippen LogP contribution in [0.2, 0.25) is 0 Å². The zero-order chi connectivity index (χ0) is 20.1. The number of nitrogens with one attached hydrogen (secondary N) is 2. The van der Waals surface area contributed by atoms with Gasteiger partial charge in [0.25, 0.3) is 10.0 Å². The number of fused-ring (bicyclic) bond motifs is 1. The van der Waals surface area contributed by atoms with Crippen LogP contribution < -0.4 is 10.0 Å². The Hall–Kier alpha value is -2.39. The van der Waals surface area contributed by atoms with Gasteiger partial charge in [-0.15, -0.1) is 11.8 Å². The minimum atomic E-state index is -3.62. The summed E-state index contributed by atoms with van der Waals surface area (Å²) in [6.45, 7) is 2.09. The first kappa shape index (κ1) is 20.3. The van der Waals surface area contributed by atoms with Crippen molar-refractivity contribution in [1.82, 2.24) is 10.0 Å². The van der Waals surface area contributed by atoms with Gasteiger partial charge in [-0.25, -0.2) is 12.8 Å². The predicted octanol–water partition coefficient (Wildman–Crippen LogP) is 2.55. The van der Waals surface area contributed by atoms with Gasteiger partial charge in [-0.2, -0.15) is 0 Å². The van der Waals surface area contributed by atoms with Crippen LogP contribution in [0.5, 0.6) is 0 Å². The Morgan fingerprint density at radius 3 is 2.68 bits per heavy atom. The normalized spacial score (nSPS) is 17.0. The number of amides is 1. The number of carbonyl (C=O) groups is 1. The summed E-state index contributed by atoms with van der Waals surface area (Å²) in [6, 6.07) is 12.1. The molecule has 2 aromatic rings. The van der Waals surface area contributed by atoms with Crippen LogP contribution >= 0.6 is 11.8 Å². The van der Waals surface area contributed by atoms with E-state index in [1.165, 1.54) is 18.2 Å². The lowest BCUT2D eigenvalue weighted by atomic mass is 10.2. The molecular weight excluding hydrogens is 401 g/mol. The van der Waals surface area contributed by atoms with Crippen molar-refractivity contribution in [3.05, 3.63) is 59.9 Å². The van der Waals surface area contributed by atoms with Crippen molar-refractivity contribution < 1.29 is 17.6 Å². The van der Waals surface area contributed by atoms with E-state index in [-0.39, 0.29) is 22.5 Å². The van der Waals surface area contributed by atoms with Crippen molar-refractivity contribution in [3.63, 3.8) is 0 Å². The fraction of sp³-hybridized carbons (Fsp3) is 0.263. The summed E-state index contributed by atoms with van der Waals surface area (Å²) in [6.07, 6.45) is 0.743. The summed E-state index contributed by atoms with van der Waals surface area (Å²) in [5.41, 5.74) is 0.470. The number of hydrogen-bond donors (Lipinski definition) is 2. The zero-order valence-corrected chi connectivity index (χ0v) is 16.8. The van der Waals surface area contributed by atoms with E-state index in [1.54, 1.807) is 49.0 Å². The van der Waals surface area contributed by atoms with Gasteiger partial charge >= 0.3 is 0 Å². The highest BCUT2D eigenvalue weighted by Gasteiger charge is 2.31. The Morgan fingerprint density at radius 1 is 1.21 bits per heavy atom. The summed E-state index contributed by atoms with van der Waals surface area (Å²) in [7, 11) is -3.62. The molecule has 0 fully saturated rings. The summed E-state index contributed by atoms with van der Waals surface area (Å²) in [4.78, 5) is 17.6. The molecular formula is C19H20FN3O3S2. The third kappa shape index (κ3) is 4.90. The van der Waals surface area contributed by atoms with E-state index >= 15 is 0 Å². The Labute approximate surface area is 167 Å². The van der Waals surface area contributed by atoms with Crippen molar-refractivity contribution in [3.8, 4) is 0 Å². The van der Waals surface area contributed by atoms with Gasteiger partial charge in [0.1, 0.15) is 17.7 Å². The number of carbonyl (C=O) groups excluding carboxylic acids is 1. The summed E-state index contributed by atoms with van der Waals surface area (Å²) in [5.74, 6) is 0.425. The van der Waals surface area contributed by atoms with E-state index < -0.39 is 16.1 Å². The summed E-state index contributed by atoms with van der Waals surface area (Å²) in [5, 5.41) is 2.80. The first-order chi connectivity index (χ1) is 13.4. The number of nitrogens with zero attached hydrogens (tertiary/aromatic N) is 1. The second-order valence-electron chi connectivity index (χ2n) is 6.20. The molecule has 1 atom stereocenters. The van der Waals surface area contributed by atoms with Gasteiger partial charge in [0.05, 0.1) is 4.90 Å². The molecule has 0 spiro atoms. The fourth-order valence-corrected chi connectivity index (χ4v) is 4.73. The number of benzene rings is 2. The molecule has 3 rings (SSSR count). The molecule has 1 heterocycles. The minimum absolute atomic E-state index is 0.166. The Balaban J connectivity index is 1.49. The van der Waals surface area contributed by atoms with Gasteiger partial charge in [-0.3, -0.25) is 14.5 Å². The van der Waals surface area contributed by atoms with Gasteiger partial charge in [-0.05, 0) is 55.5 Å². The number of thioether (sulfide) groups is 1.